The van der Waals surface area contributed by atoms with Crippen LogP contribution in [0.2, 0.25) is 0 Å². The second kappa shape index (κ2) is 9.03. The maximum absolute atomic E-state index is 12.6. The van der Waals surface area contributed by atoms with Crippen molar-refractivity contribution >= 4 is 26.1 Å². The first-order valence-electron chi connectivity index (χ1n) is 9.84. The van der Waals surface area contributed by atoms with Crippen molar-refractivity contribution in [3.63, 3.8) is 0 Å². The summed E-state index contributed by atoms with van der Waals surface area (Å²) >= 11 is 0. The highest BCUT2D eigenvalue weighted by atomic mass is 32.2. The van der Waals surface area contributed by atoms with Crippen LogP contribution in [-0.4, -0.2) is 31.8 Å². The normalized spacial score (nSPS) is 15.6. The molecule has 0 spiro atoms. The molecule has 2 aromatic rings. The molecule has 1 atom stereocenters. The maximum atomic E-state index is 12.6. The van der Waals surface area contributed by atoms with E-state index in [-0.39, 0.29) is 18.7 Å². The van der Waals surface area contributed by atoms with Crippen LogP contribution in [-0.2, 0) is 31.5 Å². The number of carbonyl (C=O) groups is 1. The van der Waals surface area contributed by atoms with E-state index in [1.54, 1.807) is 0 Å². The summed E-state index contributed by atoms with van der Waals surface area (Å²) < 4.78 is 69.1. The topological polar surface area (TPSA) is 144 Å². The van der Waals surface area contributed by atoms with E-state index in [4.69, 9.17) is 0 Å². The third kappa shape index (κ3) is 5.75. The van der Waals surface area contributed by atoms with E-state index in [0.29, 0.717) is 34.6 Å². The summed E-state index contributed by atoms with van der Waals surface area (Å²) in [6.07, 6.45) is 0.919. The molecule has 1 amide bonds. The van der Waals surface area contributed by atoms with Crippen LogP contribution in [0, 0.1) is 17.8 Å². The second-order valence-corrected chi connectivity index (χ2v) is 10.7. The van der Waals surface area contributed by atoms with E-state index in [9.17, 15) is 30.7 Å². The first kappa shape index (κ1) is 23.9. The molecule has 0 fully saturated rings. The number of hydrogen-bond donors (Lipinski definition) is 1. The van der Waals surface area contributed by atoms with Crippen LogP contribution in [0.5, 0.6) is 0 Å². The predicted molar refractivity (Wildman–Crippen MR) is 113 cm³/mol. The second-order valence-electron chi connectivity index (χ2n) is 7.98. The highest BCUT2D eigenvalue weighted by Crippen LogP contribution is 2.29. The van der Waals surface area contributed by atoms with E-state index in [0.717, 1.165) is 6.07 Å². The summed E-state index contributed by atoms with van der Waals surface area (Å²) in [6.45, 7) is 3.95. The van der Waals surface area contributed by atoms with Crippen LogP contribution in [0.3, 0.4) is 0 Å². The molecule has 0 saturated heterocycles. The fraction of sp³-hybridized carbons (Fsp3) is 0.318. The van der Waals surface area contributed by atoms with Crippen LogP contribution >= 0.6 is 0 Å². The van der Waals surface area contributed by atoms with E-state index in [2.05, 4.69) is 17.2 Å². The zero-order valence-corrected chi connectivity index (χ0v) is 19.0. The standard InChI is InChI=1S/C22H23NO7S2/c1-14(2)3-10-22(24)23-21-12-17-11-18(31(25,26)27)8-6-15(17)4-5-16-7-9-19(13-20(16)21)32(28,29)30/h6-9,11,13-14,21H,3,10,12H2,1-2H3,(H,23,24)(H,25,26,27)(H,28,29,30)/p-2. The number of fused-ring (bicyclic) bond motifs is 2. The Kier molecular flexibility index (Phi) is 6.76. The summed E-state index contributed by atoms with van der Waals surface area (Å²) in [5.74, 6) is 5.78. The average molecular weight is 476 g/mol. The first-order valence-corrected chi connectivity index (χ1v) is 12.7. The first-order chi connectivity index (χ1) is 14.8. The van der Waals surface area contributed by atoms with Crippen molar-refractivity contribution in [3.8, 4) is 11.8 Å². The quantitative estimate of drug-likeness (QED) is 0.497. The van der Waals surface area contributed by atoms with Gasteiger partial charge in [-0.05, 0) is 66.3 Å². The van der Waals surface area contributed by atoms with Crippen molar-refractivity contribution in [2.45, 2.75) is 48.9 Å². The van der Waals surface area contributed by atoms with Gasteiger partial charge < -0.3 is 14.4 Å². The van der Waals surface area contributed by atoms with Gasteiger partial charge in [0, 0.05) is 17.5 Å². The zero-order chi connectivity index (χ0) is 23.7. The van der Waals surface area contributed by atoms with Gasteiger partial charge in [-0.1, -0.05) is 25.7 Å². The van der Waals surface area contributed by atoms with Gasteiger partial charge in [0.15, 0.2) is 0 Å². The third-order valence-corrected chi connectivity index (χ3v) is 6.75. The number of rotatable bonds is 6. The Hall–Kier alpha value is -2.71. The van der Waals surface area contributed by atoms with Gasteiger partial charge in [0.25, 0.3) is 0 Å². The zero-order valence-electron chi connectivity index (χ0n) is 17.4. The number of amides is 1. The molecule has 10 heteroatoms. The summed E-state index contributed by atoms with van der Waals surface area (Å²) in [5.41, 5.74) is 1.64. The highest BCUT2D eigenvalue weighted by molar-refractivity contribution is 7.86. The summed E-state index contributed by atoms with van der Waals surface area (Å²) in [6, 6.07) is 6.75. The summed E-state index contributed by atoms with van der Waals surface area (Å²) in [7, 11) is -9.46. The molecular formula is C22H21NO7S2-2. The van der Waals surface area contributed by atoms with Crippen molar-refractivity contribution in [2.24, 2.45) is 5.92 Å². The van der Waals surface area contributed by atoms with Crippen LogP contribution in [0.25, 0.3) is 0 Å². The minimum atomic E-state index is -4.75. The molecule has 0 aromatic heterocycles. The fourth-order valence-electron chi connectivity index (χ4n) is 3.39. The number of hydrogen-bond acceptors (Lipinski definition) is 7. The van der Waals surface area contributed by atoms with Gasteiger partial charge in [0.05, 0.1) is 15.8 Å². The van der Waals surface area contributed by atoms with Crippen LogP contribution < -0.4 is 5.32 Å². The Morgan fingerprint density at radius 3 is 2.16 bits per heavy atom. The Labute approximate surface area is 187 Å². The largest absolute Gasteiger partial charge is 0.744 e. The molecule has 3 rings (SSSR count). The van der Waals surface area contributed by atoms with Gasteiger partial charge in [-0.2, -0.15) is 0 Å². The van der Waals surface area contributed by atoms with E-state index in [1.807, 2.05) is 13.8 Å². The van der Waals surface area contributed by atoms with Gasteiger partial charge >= 0.3 is 0 Å². The van der Waals surface area contributed by atoms with Crippen molar-refractivity contribution in [2.75, 3.05) is 0 Å². The average Bonchev–Trinajstić information content (AvgIpc) is 2.67. The van der Waals surface area contributed by atoms with Crippen LogP contribution in [0.15, 0.2) is 46.2 Å². The SMILES string of the molecule is CC(C)CCC(=O)NC1Cc2cc(S(=O)(=O)[O-])ccc2C#Cc2ccc(S(=O)(=O)[O-])cc21. The van der Waals surface area contributed by atoms with Crippen molar-refractivity contribution in [1.82, 2.24) is 5.32 Å². The molecule has 1 unspecified atom stereocenters. The molecule has 0 bridgehead atoms. The lowest BCUT2D eigenvalue weighted by Gasteiger charge is -2.24. The molecule has 170 valence electrons. The highest BCUT2D eigenvalue weighted by Gasteiger charge is 2.23. The molecule has 0 radical (unpaired) electrons. The lowest BCUT2D eigenvalue weighted by molar-refractivity contribution is -0.122. The lowest BCUT2D eigenvalue weighted by Crippen LogP contribution is -2.31. The van der Waals surface area contributed by atoms with Gasteiger partial charge in [-0.15, -0.1) is 0 Å². The molecule has 1 N–H and O–H groups in total. The van der Waals surface area contributed by atoms with Gasteiger partial charge in [-0.3, -0.25) is 4.79 Å². The molecule has 1 aliphatic carbocycles. The summed E-state index contributed by atoms with van der Waals surface area (Å²) in [4.78, 5) is 11.7. The van der Waals surface area contributed by atoms with Crippen LogP contribution in [0.4, 0.5) is 0 Å². The molecular weight excluding hydrogens is 454 g/mol. The van der Waals surface area contributed by atoms with E-state index >= 15 is 0 Å². The molecule has 32 heavy (non-hydrogen) atoms. The van der Waals surface area contributed by atoms with Gasteiger partial charge in [0.1, 0.15) is 20.2 Å². The fourth-order valence-corrected chi connectivity index (χ4v) is 4.42. The number of benzene rings is 2. The Morgan fingerprint density at radius 2 is 1.56 bits per heavy atom. The number of carbonyl (C=O) groups excluding carboxylic acids is 1. The molecule has 0 aliphatic heterocycles. The van der Waals surface area contributed by atoms with Crippen molar-refractivity contribution < 1.29 is 30.7 Å². The molecule has 0 saturated carbocycles. The summed E-state index contributed by atoms with van der Waals surface area (Å²) in [5, 5.41) is 2.84. The van der Waals surface area contributed by atoms with Crippen molar-refractivity contribution in [3.05, 3.63) is 58.7 Å². The van der Waals surface area contributed by atoms with E-state index < -0.39 is 36.1 Å². The van der Waals surface area contributed by atoms with Crippen LogP contribution in [0.1, 0.15) is 55.0 Å². The third-order valence-electron chi connectivity index (χ3n) is 5.09. The molecule has 1 aliphatic rings. The van der Waals surface area contributed by atoms with Crippen molar-refractivity contribution in [1.29, 1.82) is 0 Å². The Morgan fingerprint density at radius 1 is 1.00 bits per heavy atom. The monoisotopic (exact) mass is 475 g/mol. The van der Waals surface area contributed by atoms with Gasteiger partial charge in [0.2, 0.25) is 5.91 Å². The predicted octanol–water partition coefficient (Wildman–Crippen LogP) is 2.04. The Balaban J connectivity index is 2.12. The molecule has 2 aromatic carbocycles. The molecule has 8 nitrogen and oxygen atoms in total. The van der Waals surface area contributed by atoms with Gasteiger partial charge in [-0.25, -0.2) is 16.8 Å². The Bertz CT molecular complexity index is 1330. The maximum Gasteiger partial charge on any atom is 0.220 e. The minimum Gasteiger partial charge on any atom is -0.744 e. The molecule has 0 heterocycles. The van der Waals surface area contributed by atoms with E-state index in [1.165, 1.54) is 30.3 Å². The lowest BCUT2D eigenvalue weighted by atomic mass is 9.90. The number of nitrogens with one attached hydrogen (secondary N) is 1. The smallest absolute Gasteiger partial charge is 0.220 e. The minimum absolute atomic E-state index is 0.0517.